The summed E-state index contributed by atoms with van der Waals surface area (Å²) in [6, 6.07) is 5.93. The summed E-state index contributed by atoms with van der Waals surface area (Å²) in [5.41, 5.74) is 2.96. The van der Waals surface area contributed by atoms with Gasteiger partial charge in [-0.3, -0.25) is 4.79 Å². The van der Waals surface area contributed by atoms with Gasteiger partial charge in [-0.25, -0.2) is 4.98 Å². The summed E-state index contributed by atoms with van der Waals surface area (Å²) >= 11 is 5.90. The van der Waals surface area contributed by atoms with Gasteiger partial charge in [-0.15, -0.1) is 11.6 Å². The number of para-hydroxylation sites is 1. The van der Waals surface area contributed by atoms with Crippen molar-refractivity contribution >= 4 is 28.5 Å². The molecule has 18 heavy (non-hydrogen) atoms. The zero-order chi connectivity index (χ0) is 13.1. The quantitative estimate of drug-likeness (QED) is 0.862. The minimum atomic E-state index is -0.0235. The molecule has 0 aliphatic carbocycles. The molecule has 0 aliphatic heterocycles. The summed E-state index contributed by atoms with van der Waals surface area (Å²) in [5.74, 6) is 1.00. The molecule has 0 aliphatic rings. The highest BCUT2D eigenvalue weighted by atomic mass is 35.5. The Morgan fingerprint density at radius 1 is 1.50 bits per heavy atom. The van der Waals surface area contributed by atoms with E-state index in [2.05, 4.69) is 10.3 Å². The van der Waals surface area contributed by atoms with Crippen molar-refractivity contribution in [3.63, 3.8) is 0 Å². The summed E-state index contributed by atoms with van der Waals surface area (Å²) in [6.45, 7) is 4.79. The van der Waals surface area contributed by atoms with Gasteiger partial charge in [0.25, 0.3) is 0 Å². The van der Waals surface area contributed by atoms with E-state index in [-0.39, 0.29) is 12.5 Å². The van der Waals surface area contributed by atoms with Gasteiger partial charge < -0.3 is 9.88 Å². The number of alkyl halides is 1. The van der Waals surface area contributed by atoms with Crippen molar-refractivity contribution in [1.82, 2.24) is 14.9 Å². The van der Waals surface area contributed by atoms with Crippen molar-refractivity contribution in [2.75, 3.05) is 6.54 Å². The van der Waals surface area contributed by atoms with E-state index < -0.39 is 0 Å². The van der Waals surface area contributed by atoms with E-state index in [1.54, 1.807) is 0 Å². The molecular weight excluding hydrogens is 250 g/mol. The lowest BCUT2D eigenvalue weighted by atomic mass is 10.2. The van der Waals surface area contributed by atoms with Crippen LogP contribution in [-0.4, -0.2) is 22.0 Å². The van der Waals surface area contributed by atoms with Crippen LogP contribution in [0.4, 0.5) is 0 Å². The van der Waals surface area contributed by atoms with Crippen LogP contribution < -0.4 is 5.32 Å². The maximum Gasteiger partial charge on any atom is 0.239 e. The molecule has 0 bridgehead atoms. The first-order valence-electron chi connectivity index (χ1n) is 5.94. The van der Waals surface area contributed by atoms with Crippen LogP contribution in [0, 0.1) is 6.92 Å². The monoisotopic (exact) mass is 265 g/mol. The molecule has 1 aromatic carbocycles. The average Bonchev–Trinajstić information content (AvgIpc) is 2.69. The Labute approximate surface area is 111 Å². The zero-order valence-electron chi connectivity index (χ0n) is 10.5. The summed E-state index contributed by atoms with van der Waals surface area (Å²) in [7, 11) is 0. The highest BCUT2D eigenvalue weighted by Crippen LogP contribution is 2.20. The van der Waals surface area contributed by atoms with Gasteiger partial charge >= 0.3 is 0 Å². The van der Waals surface area contributed by atoms with E-state index in [1.165, 1.54) is 0 Å². The third-order valence-electron chi connectivity index (χ3n) is 2.85. The number of aryl methyl sites for hydroxylation is 1. The van der Waals surface area contributed by atoms with Gasteiger partial charge in [-0.2, -0.15) is 0 Å². The Kier molecular flexibility index (Phi) is 3.87. The number of imidazole rings is 1. The zero-order valence-corrected chi connectivity index (χ0v) is 11.3. The number of nitrogens with zero attached hydrogens (tertiary/aromatic N) is 2. The van der Waals surface area contributed by atoms with Gasteiger partial charge in [-0.05, 0) is 25.5 Å². The molecule has 0 spiro atoms. The van der Waals surface area contributed by atoms with E-state index in [9.17, 15) is 4.79 Å². The molecule has 1 amide bonds. The predicted molar refractivity (Wildman–Crippen MR) is 72.7 cm³/mol. The predicted octanol–water partition coefficient (Wildman–Crippen LogP) is 2.22. The fourth-order valence-electron chi connectivity index (χ4n) is 2.01. The van der Waals surface area contributed by atoms with E-state index in [0.29, 0.717) is 12.4 Å². The normalized spacial score (nSPS) is 10.8. The molecule has 1 N–H and O–H groups in total. The summed E-state index contributed by atoms with van der Waals surface area (Å²) < 4.78 is 1.88. The van der Waals surface area contributed by atoms with Gasteiger partial charge in [0.2, 0.25) is 5.91 Å². The minimum Gasteiger partial charge on any atom is -0.355 e. The molecule has 0 saturated heterocycles. The van der Waals surface area contributed by atoms with Crippen LogP contribution in [0.25, 0.3) is 11.0 Å². The van der Waals surface area contributed by atoms with Crippen LogP contribution in [0.5, 0.6) is 0 Å². The van der Waals surface area contributed by atoms with Crippen LogP contribution in [0.1, 0.15) is 18.3 Å². The second kappa shape index (κ2) is 5.40. The molecule has 0 unspecified atom stereocenters. The lowest BCUT2D eigenvalue weighted by Gasteiger charge is -2.07. The molecule has 0 fully saturated rings. The standard InChI is InChI=1S/C13H16ClN3O/c1-3-15-12(18)8-17-10-6-4-5-9(2)13(10)16-11(17)7-14/h4-6H,3,7-8H2,1-2H3,(H,15,18). The van der Waals surface area contributed by atoms with E-state index in [1.807, 2.05) is 36.6 Å². The molecule has 96 valence electrons. The molecule has 2 aromatic rings. The first-order chi connectivity index (χ1) is 8.67. The average molecular weight is 266 g/mol. The molecule has 4 nitrogen and oxygen atoms in total. The maximum absolute atomic E-state index is 11.7. The summed E-state index contributed by atoms with van der Waals surface area (Å²) in [5, 5.41) is 2.78. The highest BCUT2D eigenvalue weighted by molar-refractivity contribution is 6.16. The van der Waals surface area contributed by atoms with E-state index in [0.717, 1.165) is 22.4 Å². The number of benzene rings is 1. The van der Waals surface area contributed by atoms with E-state index in [4.69, 9.17) is 11.6 Å². The van der Waals surface area contributed by atoms with Crippen molar-refractivity contribution in [3.8, 4) is 0 Å². The maximum atomic E-state index is 11.7. The number of hydrogen-bond acceptors (Lipinski definition) is 2. The van der Waals surface area contributed by atoms with Crippen LogP contribution in [-0.2, 0) is 17.2 Å². The smallest absolute Gasteiger partial charge is 0.239 e. The van der Waals surface area contributed by atoms with Gasteiger partial charge in [0.05, 0.1) is 16.9 Å². The first-order valence-corrected chi connectivity index (χ1v) is 6.48. The number of likely N-dealkylation sites (N-methyl/N-ethyl adjacent to an activating group) is 1. The van der Waals surface area contributed by atoms with Crippen LogP contribution in [0.3, 0.4) is 0 Å². The summed E-state index contributed by atoms with van der Waals surface area (Å²) in [4.78, 5) is 16.2. The van der Waals surface area contributed by atoms with Gasteiger partial charge in [0.1, 0.15) is 12.4 Å². The Morgan fingerprint density at radius 2 is 2.28 bits per heavy atom. The number of aromatic nitrogens is 2. The lowest BCUT2D eigenvalue weighted by Crippen LogP contribution is -2.27. The van der Waals surface area contributed by atoms with E-state index >= 15 is 0 Å². The molecular formula is C13H16ClN3O. The third-order valence-corrected chi connectivity index (χ3v) is 3.09. The van der Waals surface area contributed by atoms with Gasteiger partial charge in [0, 0.05) is 6.54 Å². The van der Waals surface area contributed by atoms with Crippen molar-refractivity contribution in [2.45, 2.75) is 26.3 Å². The number of carbonyl (C=O) groups is 1. The van der Waals surface area contributed by atoms with Crippen LogP contribution in [0.2, 0.25) is 0 Å². The highest BCUT2D eigenvalue weighted by Gasteiger charge is 2.13. The molecule has 1 heterocycles. The molecule has 0 radical (unpaired) electrons. The van der Waals surface area contributed by atoms with Gasteiger partial charge in [0.15, 0.2) is 0 Å². The molecule has 0 saturated carbocycles. The number of halogens is 1. The SMILES string of the molecule is CCNC(=O)Cn1c(CCl)nc2c(C)cccc21. The summed E-state index contributed by atoms with van der Waals surface area (Å²) in [6.07, 6.45) is 0. The molecule has 2 rings (SSSR count). The number of amides is 1. The number of hydrogen-bond donors (Lipinski definition) is 1. The first kappa shape index (κ1) is 12.9. The largest absolute Gasteiger partial charge is 0.355 e. The van der Waals surface area contributed by atoms with Crippen LogP contribution in [0.15, 0.2) is 18.2 Å². The Bertz CT molecular complexity index is 577. The fourth-order valence-corrected chi connectivity index (χ4v) is 2.21. The number of nitrogens with one attached hydrogen (secondary N) is 1. The fraction of sp³-hybridized carbons (Fsp3) is 0.385. The second-order valence-electron chi connectivity index (χ2n) is 4.14. The van der Waals surface area contributed by atoms with Crippen LogP contribution >= 0.6 is 11.6 Å². The number of fused-ring (bicyclic) bond motifs is 1. The Hall–Kier alpha value is -1.55. The minimum absolute atomic E-state index is 0.0235. The Balaban J connectivity index is 2.47. The van der Waals surface area contributed by atoms with Crippen molar-refractivity contribution in [3.05, 3.63) is 29.6 Å². The Morgan fingerprint density at radius 3 is 2.94 bits per heavy atom. The lowest BCUT2D eigenvalue weighted by molar-refractivity contribution is -0.121. The molecule has 5 heteroatoms. The number of rotatable bonds is 4. The van der Waals surface area contributed by atoms with Gasteiger partial charge in [-0.1, -0.05) is 12.1 Å². The topological polar surface area (TPSA) is 46.9 Å². The second-order valence-corrected chi connectivity index (χ2v) is 4.41. The number of carbonyl (C=O) groups excluding carboxylic acids is 1. The van der Waals surface area contributed by atoms with Crippen molar-refractivity contribution in [1.29, 1.82) is 0 Å². The molecule has 0 atom stereocenters. The molecule has 1 aromatic heterocycles. The van der Waals surface area contributed by atoms with Crippen molar-refractivity contribution < 1.29 is 4.79 Å². The van der Waals surface area contributed by atoms with Crippen molar-refractivity contribution in [2.24, 2.45) is 0 Å². The third kappa shape index (κ3) is 2.34.